The highest BCUT2D eigenvalue weighted by molar-refractivity contribution is 8.00. The summed E-state index contributed by atoms with van der Waals surface area (Å²) in [7, 11) is 8.56. The van der Waals surface area contributed by atoms with Gasteiger partial charge < -0.3 is 19.6 Å². The molecule has 224 valence electrons. The molecule has 0 aliphatic carbocycles. The summed E-state index contributed by atoms with van der Waals surface area (Å²) < 4.78 is 0. The number of para-hydroxylation sites is 4. The van der Waals surface area contributed by atoms with Crippen LogP contribution in [0.5, 0.6) is 0 Å². The number of halogens is 2. The fourth-order valence-corrected chi connectivity index (χ4v) is 7.00. The van der Waals surface area contributed by atoms with Gasteiger partial charge in [0.2, 0.25) is 0 Å². The zero-order chi connectivity index (χ0) is 28.2. The smallest absolute Gasteiger partial charge is 0.0553 e. The van der Waals surface area contributed by atoms with Crippen molar-refractivity contribution < 1.29 is 0 Å². The first-order chi connectivity index (χ1) is 19.3. The quantitative estimate of drug-likeness (QED) is 0.207. The normalized spacial score (nSPS) is 14.2. The predicted molar refractivity (Wildman–Crippen MR) is 189 cm³/mol. The summed E-state index contributed by atoms with van der Waals surface area (Å²) in [5.74, 6) is 0. The summed E-state index contributed by atoms with van der Waals surface area (Å²) in [6, 6.07) is 35.7. The predicted octanol–water partition coefficient (Wildman–Crippen LogP) is 9.32. The largest absolute Gasteiger partial charge is 0.338 e. The van der Waals surface area contributed by atoms with Crippen LogP contribution in [0.2, 0.25) is 0 Å². The van der Waals surface area contributed by atoms with Crippen molar-refractivity contribution in [1.29, 1.82) is 0 Å². The first-order valence-electron chi connectivity index (χ1n) is 13.9. The van der Waals surface area contributed by atoms with Gasteiger partial charge in [0, 0.05) is 44.8 Å². The lowest BCUT2D eigenvalue weighted by molar-refractivity contribution is 0.319. The van der Waals surface area contributed by atoms with Gasteiger partial charge in [0.05, 0.1) is 22.7 Å². The Kier molecular flexibility index (Phi) is 12.5. The van der Waals surface area contributed by atoms with Crippen LogP contribution in [0.15, 0.2) is 117 Å². The molecule has 0 aromatic heterocycles. The average molecular weight is 642 g/mol. The molecule has 4 aromatic rings. The molecule has 0 spiro atoms. The summed E-state index contributed by atoms with van der Waals surface area (Å²) in [5, 5.41) is 0. The van der Waals surface area contributed by atoms with E-state index in [2.05, 4.69) is 159 Å². The SMILES string of the molecule is CC(CN1c2ccccc2Sc2ccccc21)N(C)C.CC(CN1c2ccccc2Sc2ccccc21)N(C)C.Cl.Cl. The van der Waals surface area contributed by atoms with Crippen molar-refractivity contribution in [3.63, 3.8) is 0 Å². The number of rotatable bonds is 6. The van der Waals surface area contributed by atoms with Gasteiger partial charge in [-0.2, -0.15) is 0 Å². The number of anilines is 4. The van der Waals surface area contributed by atoms with E-state index in [4.69, 9.17) is 0 Å². The van der Waals surface area contributed by atoms with Crippen molar-refractivity contribution in [3.8, 4) is 0 Å². The van der Waals surface area contributed by atoms with Crippen LogP contribution in [0, 0.1) is 0 Å². The summed E-state index contributed by atoms with van der Waals surface area (Å²) >= 11 is 3.73. The van der Waals surface area contributed by atoms with Crippen LogP contribution in [-0.2, 0) is 0 Å². The van der Waals surface area contributed by atoms with Crippen LogP contribution in [0.3, 0.4) is 0 Å². The van der Waals surface area contributed by atoms with E-state index >= 15 is 0 Å². The van der Waals surface area contributed by atoms with Gasteiger partial charge in [-0.1, -0.05) is 72.1 Å². The Morgan fingerprint density at radius 2 is 0.714 bits per heavy atom. The van der Waals surface area contributed by atoms with E-state index in [0.717, 1.165) is 13.1 Å². The molecule has 0 saturated heterocycles. The second-order valence-electron chi connectivity index (χ2n) is 10.9. The number of fused-ring (bicyclic) bond motifs is 4. The van der Waals surface area contributed by atoms with Crippen LogP contribution in [-0.4, -0.2) is 63.2 Å². The maximum absolute atomic E-state index is 2.45. The summed E-state index contributed by atoms with van der Waals surface area (Å²) in [6.45, 7) is 6.54. The molecule has 2 unspecified atom stereocenters. The van der Waals surface area contributed by atoms with E-state index in [9.17, 15) is 0 Å². The fraction of sp³-hybridized carbons (Fsp3) is 0.294. The van der Waals surface area contributed by atoms with E-state index < -0.39 is 0 Å². The molecule has 8 heteroatoms. The second-order valence-corrected chi connectivity index (χ2v) is 13.1. The van der Waals surface area contributed by atoms with Crippen LogP contribution in [0.25, 0.3) is 0 Å². The first kappa shape index (κ1) is 34.2. The van der Waals surface area contributed by atoms with Crippen molar-refractivity contribution in [2.75, 3.05) is 51.1 Å². The Labute approximate surface area is 273 Å². The lowest BCUT2D eigenvalue weighted by Crippen LogP contribution is -2.37. The van der Waals surface area contributed by atoms with E-state index in [1.807, 2.05) is 23.5 Å². The number of nitrogens with zero attached hydrogens (tertiary/aromatic N) is 4. The molecule has 2 atom stereocenters. The molecule has 0 saturated carbocycles. The number of hydrogen-bond acceptors (Lipinski definition) is 6. The third-order valence-electron chi connectivity index (χ3n) is 7.72. The van der Waals surface area contributed by atoms with Crippen molar-refractivity contribution in [1.82, 2.24) is 9.80 Å². The van der Waals surface area contributed by atoms with E-state index in [1.165, 1.54) is 42.3 Å². The van der Waals surface area contributed by atoms with Crippen molar-refractivity contribution >= 4 is 71.1 Å². The molecule has 2 aliphatic rings. The molecule has 0 bridgehead atoms. The highest BCUT2D eigenvalue weighted by Gasteiger charge is 2.25. The van der Waals surface area contributed by atoms with Gasteiger partial charge in [-0.3, -0.25) is 0 Å². The van der Waals surface area contributed by atoms with Gasteiger partial charge in [0.25, 0.3) is 0 Å². The van der Waals surface area contributed by atoms with Gasteiger partial charge in [-0.25, -0.2) is 0 Å². The van der Waals surface area contributed by atoms with Crippen molar-refractivity contribution in [2.24, 2.45) is 0 Å². The van der Waals surface area contributed by atoms with Crippen LogP contribution in [0.1, 0.15) is 13.8 Å². The Morgan fingerprint density at radius 1 is 0.476 bits per heavy atom. The Bertz CT molecular complexity index is 1250. The molecule has 42 heavy (non-hydrogen) atoms. The van der Waals surface area contributed by atoms with Crippen molar-refractivity contribution in [2.45, 2.75) is 45.5 Å². The summed E-state index contributed by atoms with van der Waals surface area (Å²) in [6.07, 6.45) is 0. The van der Waals surface area contributed by atoms with Crippen LogP contribution >= 0.6 is 48.3 Å². The minimum atomic E-state index is 0. The molecule has 0 fully saturated rings. The van der Waals surface area contributed by atoms with Gasteiger partial charge in [0.15, 0.2) is 0 Å². The zero-order valence-corrected chi connectivity index (χ0v) is 28.5. The number of benzene rings is 4. The molecule has 6 rings (SSSR count). The fourth-order valence-electron chi connectivity index (χ4n) is 4.81. The van der Waals surface area contributed by atoms with E-state index in [0.29, 0.717) is 12.1 Å². The minimum Gasteiger partial charge on any atom is -0.338 e. The molecule has 0 radical (unpaired) electrons. The summed E-state index contributed by atoms with van der Waals surface area (Å²) in [5.41, 5.74) is 5.30. The molecule has 2 heterocycles. The van der Waals surface area contributed by atoms with Crippen molar-refractivity contribution in [3.05, 3.63) is 97.1 Å². The maximum atomic E-state index is 2.45. The number of likely N-dealkylation sites (N-methyl/N-ethyl adjacent to an activating group) is 2. The summed E-state index contributed by atoms with van der Waals surface area (Å²) in [4.78, 5) is 14.8. The molecule has 0 amide bonds. The topological polar surface area (TPSA) is 13.0 Å². The monoisotopic (exact) mass is 640 g/mol. The molecule has 4 aromatic carbocycles. The molecular weight excluding hydrogens is 599 g/mol. The zero-order valence-electron chi connectivity index (χ0n) is 25.2. The Hall–Kier alpha value is -2.32. The second kappa shape index (κ2) is 15.4. The lowest BCUT2D eigenvalue weighted by Gasteiger charge is -2.36. The molecule has 4 nitrogen and oxygen atoms in total. The standard InChI is InChI=1S/2C17H20N2S.2ClH/c2*1-13(18(2)3)12-19-14-8-4-6-10-16(14)20-17-11-7-5-9-15(17)19;;/h2*4-11,13H,12H2,1-3H3;2*1H. The van der Waals surface area contributed by atoms with Gasteiger partial charge in [-0.05, 0) is 90.6 Å². The van der Waals surface area contributed by atoms with E-state index in [-0.39, 0.29) is 24.8 Å². The Balaban J connectivity index is 0.000000220. The highest BCUT2D eigenvalue weighted by atomic mass is 35.5. The number of hydrogen-bond donors (Lipinski definition) is 0. The highest BCUT2D eigenvalue weighted by Crippen LogP contribution is 2.49. The Morgan fingerprint density at radius 3 is 0.952 bits per heavy atom. The third kappa shape index (κ3) is 7.60. The van der Waals surface area contributed by atoms with E-state index in [1.54, 1.807) is 0 Å². The first-order valence-corrected chi connectivity index (χ1v) is 15.6. The van der Waals surface area contributed by atoms with Gasteiger partial charge >= 0.3 is 0 Å². The van der Waals surface area contributed by atoms with Gasteiger partial charge in [0.1, 0.15) is 0 Å². The van der Waals surface area contributed by atoms with Gasteiger partial charge in [-0.15, -0.1) is 24.8 Å². The average Bonchev–Trinajstić information content (AvgIpc) is 2.97. The molecular formula is C34H42Cl2N4S2. The molecule has 0 N–H and O–H groups in total. The van der Waals surface area contributed by atoms with Crippen LogP contribution in [0.4, 0.5) is 22.7 Å². The third-order valence-corrected chi connectivity index (χ3v) is 9.98. The lowest BCUT2D eigenvalue weighted by atomic mass is 10.2. The molecule has 2 aliphatic heterocycles. The minimum absolute atomic E-state index is 0. The van der Waals surface area contributed by atoms with Crippen LogP contribution < -0.4 is 9.80 Å². The maximum Gasteiger partial charge on any atom is 0.0553 e.